The van der Waals surface area contributed by atoms with Crippen molar-refractivity contribution < 1.29 is 4.79 Å². The second kappa shape index (κ2) is 9.20. The van der Waals surface area contributed by atoms with E-state index in [4.69, 9.17) is 0 Å². The highest BCUT2D eigenvalue weighted by Gasteiger charge is 2.25. The fourth-order valence-electron chi connectivity index (χ4n) is 5.36. The summed E-state index contributed by atoms with van der Waals surface area (Å²) < 4.78 is 0. The number of amides is 2. The largest absolute Gasteiger partial charge is 0.326 e. The van der Waals surface area contributed by atoms with Crippen molar-refractivity contribution in [3.8, 4) is 11.1 Å². The van der Waals surface area contributed by atoms with Gasteiger partial charge in [0.2, 0.25) is 0 Å². The summed E-state index contributed by atoms with van der Waals surface area (Å²) in [5.74, 6) is 1.66. The summed E-state index contributed by atoms with van der Waals surface area (Å²) in [5, 5.41) is 3.00. The molecule has 1 saturated carbocycles. The number of anilines is 2. The van der Waals surface area contributed by atoms with Crippen molar-refractivity contribution in [2.45, 2.75) is 51.4 Å². The van der Waals surface area contributed by atoms with Gasteiger partial charge >= 0.3 is 6.03 Å². The second-order valence-corrected chi connectivity index (χ2v) is 9.29. The van der Waals surface area contributed by atoms with E-state index in [2.05, 4.69) is 54.7 Å². The van der Waals surface area contributed by atoms with Gasteiger partial charge in [-0.15, -0.1) is 0 Å². The molecule has 3 nitrogen and oxygen atoms in total. The van der Waals surface area contributed by atoms with Gasteiger partial charge in [-0.25, -0.2) is 4.79 Å². The molecule has 0 saturated heterocycles. The van der Waals surface area contributed by atoms with Crippen LogP contribution in [0.15, 0.2) is 72.8 Å². The number of carbonyl (C=O) groups excluding carboxylic acids is 1. The molecule has 164 valence electrons. The van der Waals surface area contributed by atoms with Crippen LogP contribution >= 0.6 is 0 Å². The Hall–Kier alpha value is -3.07. The molecular weight excluding hydrogens is 392 g/mol. The van der Waals surface area contributed by atoms with Crippen LogP contribution in [0.3, 0.4) is 0 Å². The Balaban J connectivity index is 1.28. The second-order valence-electron chi connectivity index (χ2n) is 9.29. The van der Waals surface area contributed by atoms with Gasteiger partial charge in [0.1, 0.15) is 0 Å². The Labute approximate surface area is 191 Å². The normalized spacial score (nSPS) is 20.1. The number of nitrogens with zero attached hydrogens (tertiary/aromatic N) is 1. The molecular formula is C29H32N2O. The smallest absolute Gasteiger partial charge is 0.308 e. The molecule has 0 atom stereocenters. The number of urea groups is 1. The standard InChI is InChI=1S/C29H32N2O/c1-2-21-8-10-22(11-9-21)23-12-14-24(15-13-23)25-16-17-28-26(20-25)18-19-31(28)29(32)30-27-6-4-3-5-7-27/h3-7,12-17,20-22H,2,8-11,18-19H2,1H3,(H,30,32). The highest BCUT2D eigenvalue weighted by molar-refractivity contribution is 6.03. The van der Waals surface area contributed by atoms with Crippen LogP contribution in [-0.4, -0.2) is 12.6 Å². The highest BCUT2D eigenvalue weighted by Crippen LogP contribution is 2.38. The van der Waals surface area contributed by atoms with Crippen molar-refractivity contribution in [3.63, 3.8) is 0 Å². The lowest BCUT2D eigenvalue weighted by molar-refractivity contribution is 0.257. The molecule has 0 spiro atoms. The van der Waals surface area contributed by atoms with Crippen LogP contribution in [0.5, 0.6) is 0 Å². The molecule has 3 heteroatoms. The lowest BCUT2D eigenvalue weighted by atomic mass is 9.77. The zero-order valence-electron chi connectivity index (χ0n) is 18.9. The molecule has 3 aromatic carbocycles. The van der Waals surface area contributed by atoms with E-state index in [1.807, 2.05) is 35.2 Å². The van der Waals surface area contributed by atoms with Gasteiger partial charge in [0.15, 0.2) is 0 Å². The minimum Gasteiger partial charge on any atom is -0.308 e. The third-order valence-electron chi connectivity index (χ3n) is 7.38. The molecule has 1 fully saturated rings. The van der Waals surface area contributed by atoms with E-state index < -0.39 is 0 Å². The third-order valence-corrected chi connectivity index (χ3v) is 7.38. The van der Waals surface area contributed by atoms with Crippen LogP contribution in [0, 0.1) is 5.92 Å². The highest BCUT2D eigenvalue weighted by atomic mass is 16.2. The minimum atomic E-state index is -0.0650. The van der Waals surface area contributed by atoms with Crippen molar-refractivity contribution in [2.24, 2.45) is 5.92 Å². The van der Waals surface area contributed by atoms with Gasteiger partial charge in [-0.3, -0.25) is 4.90 Å². The molecule has 1 aliphatic carbocycles. The lowest BCUT2D eigenvalue weighted by Crippen LogP contribution is -2.33. The van der Waals surface area contributed by atoms with Crippen LogP contribution in [0.1, 0.15) is 56.1 Å². The Kier molecular flexibility index (Phi) is 5.98. The summed E-state index contributed by atoms with van der Waals surface area (Å²) in [5.41, 5.74) is 7.07. The van der Waals surface area contributed by atoms with Gasteiger partial charge in [-0.05, 0) is 90.5 Å². The fraction of sp³-hybridized carbons (Fsp3) is 0.345. The average molecular weight is 425 g/mol. The quantitative estimate of drug-likeness (QED) is 0.459. The molecule has 0 aromatic heterocycles. The summed E-state index contributed by atoms with van der Waals surface area (Å²) in [4.78, 5) is 14.6. The maximum atomic E-state index is 12.8. The molecule has 3 aromatic rings. The zero-order chi connectivity index (χ0) is 21.9. The van der Waals surface area contributed by atoms with Gasteiger partial charge in [-0.1, -0.05) is 61.9 Å². The number of hydrogen-bond acceptors (Lipinski definition) is 1. The number of hydrogen-bond donors (Lipinski definition) is 1. The summed E-state index contributed by atoms with van der Waals surface area (Å²) in [6.07, 6.45) is 7.64. The van der Waals surface area contributed by atoms with E-state index in [0.29, 0.717) is 0 Å². The Bertz CT molecular complexity index is 1070. The first-order valence-electron chi connectivity index (χ1n) is 12.1. The Morgan fingerprint density at radius 3 is 2.34 bits per heavy atom. The predicted molar refractivity (Wildman–Crippen MR) is 133 cm³/mol. The molecule has 0 unspecified atom stereocenters. The molecule has 1 aliphatic heterocycles. The van der Waals surface area contributed by atoms with Gasteiger partial charge in [-0.2, -0.15) is 0 Å². The van der Waals surface area contributed by atoms with Gasteiger partial charge in [0, 0.05) is 17.9 Å². The molecule has 5 rings (SSSR count). The average Bonchev–Trinajstić information content (AvgIpc) is 3.28. The van der Waals surface area contributed by atoms with Crippen molar-refractivity contribution >= 4 is 17.4 Å². The first kappa shape index (κ1) is 20.8. The lowest BCUT2D eigenvalue weighted by Gasteiger charge is -2.28. The summed E-state index contributed by atoms with van der Waals surface area (Å²) in [6, 6.07) is 25.3. The number of carbonyl (C=O) groups is 1. The van der Waals surface area contributed by atoms with Gasteiger partial charge in [0.05, 0.1) is 0 Å². The van der Waals surface area contributed by atoms with Gasteiger partial charge in [0.25, 0.3) is 0 Å². The number of benzene rings is 3. The molecule has 0 radical (unpaired) electrons. The van der Waals surface area contributed by atoms with E-state index in [1.165, 1.54) is 54.4 Å². The molecule has 0 bridgehead atoms. The van der Waals surface area contributed by atoms with Gasteiger partial charge < -0.3 is 5.32 Å². The number of rotatable bonds is 4. The van der Waals surface area contributed by atoms with E-state index in [9.17, 15) is 4.79 Å². The van der Waals surface area contributed by atoms with Crippen LogP contribution in [0.25, 0.3) is 11.1 Å². The van der Waals surface area contributed by atoms with E-state index >= 15 is 0 Å². The van der Waals surface area contributed by atoms with Crippen LogP contribution < -0.4 is 10.2 Å². The first-order chi connectivity index (χ1) is 15.7. The predicted octanol–water partition coefficient (Wildman–Crippen LogP) is 7.63. The first-order valence-corrected chi connectivity index (χ1v) is 12.1. The SMILES string of the molecule is CCC1CCC(c2ccc(-c3ccc4c(c3)CCN4C(=O)Nc3ccccc3)cc2)CC1. The summed E-state index contributed by atoms with van der Waals surface area (Å²) in [6.45, 7) is 3.04. The van der Waals surface area contributed by atoms with E-state index in [-0.39, 0.29) is 6.03 Å². The van der Waals surface area contributed by atoms with Crippen molar-refractivity contribution in [2.75, 3.05) is 16.8 Å². The minimum absolute atomic E-state index is 0.0650. The molecule has 1 N–H and O–H groups in total. The van der Waals surface area contributed by atoms with E-state index in [0.717, 1.165) is 36.2 Å². The maximum Gasteiger partial charge on any atom is 0.326 e. The molecule has 1 heterocycles. The molecule has 2 amide bonds. The van der Waals surface area contributed by atoms with Crippen LogP contribution in [0.2, 0.25) is 0 Å². The van der Waals surface area contributed by atoms with Crippen molar-refractivity contribution in [1.29, 1.82) is 0 Å². The summed E-state index contributed by atoms with van der Waals surface area (Å²) >= 11 is 0. The summed E-state index contributed by atoms with van der Waals surface area (Å²) in [7, 11) is 0. The Morgan fingerprint density at radius 1 is 0.906 bits per heavy atom. The maximum absolute atomic E-state index is 12.8. The zero-order valence-corrected chi connectivity index (χ0v) is 18.9. The monoisotopic (exact) mass is 424 g/mol. The van der Waals surface area contributed by atoms with Crippen molar-refractivity contribution in [1.82, 2.24) is 0 Å². The molecule has 2 aliphatic rings. The Morgan fingerprint density at radius 2 is 1.62 bits per heavy atom. The topological polar surface area (TPSA) is 32.3 Å². The van der Waals surface area contributed by atoms with E-state index in [1.54, 1.807) is 0 Å². The van der Waals surface area contributed by atoms with Crippen molar-refractivity contribution in [3.05, 3.63) is 83.9 Å². The fourth-order valence-corrected chi connectivity index (χ4v) is 5.36. The van der Waals surface area contributed by atoms with Crippen LogP contribution in [-0.2, 0) is 6.42 Å². The number of fused-ring (bicyclic) bond motifs is 1. The third kappa shape index (κ3) is 4.29. The van der Waals surface area contributed by atoms with Crippen LogP contribution in [0.4, 0.5) is 16.2 Å². The number of nitrogens with one attached hydrogen (secondary N) is 1. The number of para-hydroxylation sites is 1. The molecule has 32 heavy (non-hydrogen) atoms.